The minimum atomic E-state index is -0.887. The summed E-state index contributed by atoms with van der Waals surface area (Å²) in [6, 6.07) is 14.7. The minimum Gasteiger partial charge on any atom is -0.326 e. The summed E-state index contributed by atoms with van der Waals surface area (Å²) in [5, 5.41) is 5.32. The van der Waals surface area contributed by atoms with E-state index in [4.69, 9.17) is 0 Å². The van der Waals surface area contributed by atoms with Gasteiger partial charge in [-0.2, -0.15) is 0 Å². The fourth-order valence-electron chi connectivity index (χ4n) is 2.60. The molecule has 2 rings (SSSR count). The van der Waals surface area contributed by atoms with Crippen LogP contribution in [0.15, 0.2) is 60.8 Å². The third kappa shape index (κ3) is 6.80. The Balaban J connectivity index is 1.77. The Kier molecular flexibility index (Phi) is 7.97. The number of amides is 3. The van der Waals surface area contributed by atoms with Crippen molar-refractivity contribution in [3.63, 3.8) is 0 Å². The predicted octanol–water partition coefficient (Wildman–Crippen LogP) is 2.91. The predicted molar refractivity (Wildman–Crippen MR) is 114 cm³/mol. The molecule has 0 aliphatic heterocycles. The first-order valence-corrected chi connectivity index (χ1v) is 9.44. The Morgan fingerprint density at radius 1 is 0.828 bits per heavy atom. The number of nitrogens with one attached hydrogen (secondary N) is 4. The number of hydrogen-bond acceptors (Lipinski definition) is 4. The molecular weight excluding hydrogens is 368 g/mol. The average Bonchev–Trinajstić information content (AvgIpc) is 2.72. The molecule has 0 aliphatic carbocycles. The molecule has 29 heavy (non-hydrogen) atoms. The van der Waals surface area contributed by atoms with E-state index in [0.717, 1.165) is 29.7 Å². The Hall–Kier alpha value is -3.61. The van der Waals surface area contributed by atoms with Crippen LogP contribution in [0.1, 0.15) is 31.4 Å². The quantitative estimate of drug-likeness (QED) is 0.409. The molecule has 0 saturated carbocycles. The molecule has 2 aromatic carbocycles. The molecule has 0 heterocycles. The summed E-state index contributed by atoms with van der Waals surface area (Å²) in [7, 11) is 0. The van der Waals surface area contributed by atoms with Gasteiger partial charge in [0.2, 0.25) is 5.91 Å². The molecule has 0 bridgehead atoms. The highest BCUT2D eigenvalue weighted by atomic mass is 16.2. The molecule has 3 amide bonds. The van der Waals surface area contributed by atoms with Crippen molar-refractivity contribution in [2.45, 2.75) is 33.1 Å². The van der Waals surface area contributed by atoms with E-state index in [0.29, 0.717) is 5.69 Å². The highest BCUT2D eigenvalue weighted by Crippen LogP contribution is 2.16. The lowest BCUT2D eigenvalue weighted by molar-refractivity contribution is -0.136. The topological polar surface area (TPSA) is 99.3 Å². The van der Waals surface area contributed by atoms with Crippen LogP contribution in [0, 0.1) is 0 Å². The summed E-state index contributed by atoms with van der Waals surface area (Å²) in [4.78, 5) is 36.0. The summed E-state index contributed by atoms with van der Waals surface area (Å²) in [6.45, 7) is 7.73. The van der Waals surface area contributed by atoms with Gasteiger partial charge in [0.1, 0.15) is 0 Å². The van der Waals surface area contributed by atoms with Gasteiger partial charge in [-0.15, -0.1) is 0 Å². The van der Waals surface area contributed by atoms with Crippen LogP contribution in [0.2, 0.25) is 0 Å². The molecule has 2 aromatic rings. The number of carbonyl (C=O) groups excluding carboxylic acids is 3. The molecule has 0 saturated heterocycles. The van der Waals surface area contributed by atoms with Crippen molar-refractivity contribution in [1.29, 1.82) is 0 Å². The van der Waals surface area contributed by atoms with E-state index >= 15 is 0 Å². The van der Waals surface area contributed by atoms with Crippen LogP contribution in [0.4, 0.5) is 11.4 Å². The summed E-state index contributed by atoms with van der Waals surface area (Å²) < 4.78 is 0. The highest BCUT2D eigenvalue weighted by molar-refractivity contribution is 6.39. The molecule has 7 nitrogen and oxygen atoms in total. The van der Waals surface area contributed by atoms with Gasteiger partial charge in [0.15, 0.2) is 0 Å². The number of hydrogen-bond donors (Lipinski definition) is 4. The van der Waals surface area contributed by atoms with E-state index in [1.54, 1.807) is 12.1 Å². The van der Waals surface area contributed by atoms with E-state index < -0.39 is 11.8 Å². The molecule has 0 unspecified atom stereocenters. The molecule has 152 valence electrons. The summed E-state index contributed by atoms with van der Waals surface area (Å²) >= 11 is 0. The number of carbonyl (C=O) groups is 3. The Morgan fingerprint density at radius 3 is 2.17 bits per heavy atom. The van der Waals surface area contributed by atoms with Gasteiger partial charge in [0.05, 0.1) is 6.42 Å². The zero-order valence-corrected chi connectivity index (χ0v) is 16.7. The number of anilines is 2. The first-order chi connectivity index (χ1) is 13.9. The standard InChI is InChI=1S/C22H26N4O3/c1-4-16-10-12-18(13-11-16)23-21(28)22(29)26-25-15(3)14-20(27)24-19-9-7-6-8-17(19)5-2/h6-13,25H,3-5,14H2,1-2H3,(H,23,28)(H,24,27)(H,26,29). The van der Waals surface area contributed by atoms with Crippen LogP contribution in [0.5, 0.6) is 0 Å². The smallest absolute Gasteiger partial charge is 0.326 e. The van der Waals surface area contributed by atoms with Crippen molar-refractivity contribution < 1.29 is 14.4 Å². The van der Waals surface area contributed by atoms with E-state index in [1.165, 1.54) is 0 Å². The molecular formula is C22H26N4O3. The van der Waals surface area contributed by atoms with E-state index in [-0.39, 0.29) is 18.0 Å². The molecule has 7 heteroatoms. The van der Waals surface area contributed by atoms with Crippen molar-refractivity contribution in [3.05, 3.63) is 71.9 Å². The summed E-state index contributed by atoms with van der Waals surface area (Å²) in [5.41, 5.74) is 8.41. The number of rotatable bonds is 8. The second kappa shape index (κ2) is 10.7. The average molecular weight is 394 g/mol. The highest BCUT2D eigenvalue weighted by Gasteiger charge is 2.14. The molecule has 0 atom stereocenters. The van der Waals surface area contributed by atoms with E-state index in [9.17, 15) is 14.4 Å². The zero-order chi connectivity index (χ0) is 21.2. The maximum Gasteiger partial charge on any atom is 0.327 e. The van der Waals surface area contributed by atoms with Crippen molar-refractivity contribution >= 4 is 29.1 Å². The van der Waals surface area contributed by atoms with Crippen molar-refractivity contribution in [3.8, 4) is 0 Å². The van der Waals surface area contributed by atoms with Crippen LogP contribution in [-0.2, 0) is 27.2 Å². The van der Waals surface area contributed by atoms with E-state index in [1.807, 2.05) is 50.2 Å². The second-order valence-electron chi connectivity index (χ2n) is 6.42. The molecule has 0 aromatic heterocycles. The fourth-order valence-corrected chi connectivity index (χ4v) is 2.60. The lowest BCUT2D eigenvalue weighted by atomic mass is 10.1. The monoisotopic (exact) mass is 394 g/mol. The number of para-hydroxylation sites is 1. The van der Waals surface area contributed by atoms with Crippen LogP contribution in [0.3, 0.4) is 0 Å². The van der Waals surface area contributed by atoms with Gasteiger partial charge in [-0.3, -0.25) is 19.8 Å². The van der Waals surface area contributed by atoms with Crippen LogP contribution in [-0.4, -0.2) is 17.7 Å². The van der Waals surface area contributed by atoms with Gasteiger partial charge in [0.25, 0.3) is 0 Å². The Labute approximate surface area is 170 Å². The van der Waals surface area contributed by atoms with Crippen LogP contribution < -0.4 is 21.5 Å². The normalized spacial score (nSPS) is 10.0. The second-order valence-corrected chi connectivity index (χ2v) is 6.42. The summed E-state index contributed by atoms with van der Waals surface area (Å²) in [6.07, 6.45) is 1.62. The van der Waals surface area contributed by atoms with Crippen molar-refractivity contribution in [1.82, 2.24) is 10.9 Å². The SMILES string of the molecule is C=C(CC(=O)Nc1ccccc1CC)NNC(=O)C(=O)Nc1ccc(CC)cc1. The van der Waals surface area contributed by atoms with Gasteiger partial charge < -0.3 is 16.1 Å². The molecule has 0 spiro atoms. The summed E-state index contributed by atoms with van der Waals surface area (Å²) in [5.74, 6) is -1.99. The largest absolute Gasteiger partial charge is 0.327 e. The maximum absolute atomic E-state index is 12.2. The maximum atomic E-state index is 12.2. The van der Waals surface area contributed by atoms with Gasteiger partial charge in [-0.05, 0) is 42.2 Å². The first-order valence-electron chi connectivity index (χ1n) is 9.44. The Bertz CT molecular complexity index is 891. The zero-order valence-electron chi connectivity index (χ0n) is 16.7. The first kappa shape index (κ1) is 21.7. The van der Waals surface area contributed by atoms with Gasteiger partial charge >= 0.3 is 11.8 Å². The van der Waals surface area contributed by atoms with Crippen molar-refractivity contribution in [2.24, 2.45) is 0 Å². The van der Waals surface area contributed by atoms with Crippen LogP contribution in [0.25, 0.3) is 0 Å². The number of benzene rings is 2. The Morgan fingerprint density at radius 2 is 1.52 bits per heavy atom. The number of hydrazine groups is 1. The van der Waals surface area contributed by atoms with Gasteiger partial charge in [-0.1, -0.05) is 50.8 Å². The van der Waals surface area contributed by atoms with Crippen molar-refractivity contribution in [2.75, 3.05) is 10.6 Å². The molecule has 4 N–H and O–H groups in total. The van der Waals surface area contributed by atoms with Gasteiger partial charge in [-0.25, -0.2) is 0 Å². The lowest BCUT2D eigenvalue weighted by Crippen LogP contribution is -2.43. The van der Waals surface area contributed by atoms with Gasteiger partial charge in [0, 0.05) is 17.1 Å². The lowest BCUT2D eigenvalue weighted by Gasteiger charge is -2.13. The third-order valence-electron chi connectivity index (χ3n) is 4.23. The number of aryl methyl sites for hydroxylation is 2. The van der Waals surface area contributed by atoms with Crippen LogP contribution >= 0.6 is 0 Å². The third-order valence-corrected chi connectivity index (χ3v) is 4.23. The molecule has 0 aliphatic rings. The molecule has 0 fully saturated rings. The van der Waals surface area contributed by atoms with E-state index in [2.05, 4.69) is 28.1 Å². The molecule has 0 radical (unpaired) electrons. The fraction of sp³-hybridized carbons (Fsp3) is 0.227. The minimum absolute atomic E-state index is 0.0571.